The van der Waals surface area contributed by atoms with Gasteiger partial charge in [0, 0.05) is 12.1 Å². The third kappa shape index (κ3) is 2.79. The summed E-state index contributed by atoms with van der Waals surface area (Å²) in [5.41, 5.74) is 2.37. The van der Waals surface area contributed by atoms with Gasteiger partial charge in [-0.05, 0) is 17.2 Å². The van der Waals surface area contributed by atoms with Crippen LogP contribution in [0.2, 0.25) is 0 Å². The van der Waals surface area contributed by atoms with Crippen molar-refractivity contribution < 1.29 is 15.0 Å². The zero-order chi connectivity index (χ0) is 13.0. The molecule has 0 radical (unpaired) electrons. The van der Waals surface area contributed by atoms with Crippen molar-refractivity contribution in [2.24, 2.45) is 0 Å². The minimum Gasteiger partial charge on any atom is -0.507 e. The molecule has 3 N–H and O–H groups in total. The molecule has 0 saturated heterocycles. The van der Waals surface area contributed by atoms with Gasteiger partial charge in [0.1, 0.15) is 5.75 Å². The molecule has 2 aromatic rings. The van der Waals surface area contributed by atoms with Crippen LogP contribution in [-0.2, 0) is 6.54 Å². The van der Waals surface area contributed by atoms with E-state index in [1.54, 1.807) is 18.2 Å². The summed E-state index contributed by atoms with van der Waals surface area (Å²) in [6.45, 7) is 0.179. The van der Waals surface area contributed by atoms with E-state index in [9.17, 15) is 9.90 Å². The van der Waals surface area contributed by atoms with Crippen LogP contribution in [0.25, 0.3) is 11.1 Å². The average Bonchev–Trinajstić information content (AvgIpc) is 2.37. The Morgan fingerprint density at radius 2 is 1.83 bits per heavy atom. The van der Waals surface area contributed by atoms with Crippen LogP contribution in [0.1, 0.15) is 5.56 Å². The van der Waals surface area contributed by atoms with E-state index in [1.807, 2.05) is 30.3 Å². The van der Waals surface area contributed by atoms with Crippen LogP contribution < -0.4 is 5.32 Å². The van der Waals surface area contributed by atoms with Crippen LogP contribution in [0, 0.1) is 0 Å². The molecule has 0 saturated carbocycles. The third-order valence-electron chi connectivity index (χ3n) is 2.59. The summed E-state index contributed by atoms with van der Waals surface area (Å²) in [4.78, 5) is 10.4. The van der Waals surface area contributed by atoms with Gasteiger partial charge in [-0.15, -0.1) is 0 Å². The Morgan fingerprint density at radius 3 is 2.44 bits per heavy atom. The van der Waals surface area contributed by atoms with E-state index >= 15 is 0 Å². The monoisotopic (exact) mass is 243 g/mol. The molecule has 4 nitrogen and oxygen atoms in total. The Hall–Kier alpha value is -2.49. The number of phenolic OH excluding ortho intramolecular Hbond substituents is 1. The first-order valence-corrected chi connectivity index (χ1v) is 5.51. The molecule has 2 aromatic carbocycles. The second-order valence-corrected chi connectivity index (χ2v) is 3.88. The predicted octanol–water partition coefficient (Wildman–Crippen LogP) is 2.83. The Kier molecular flexibility index (Phi) is 3.48. The minimum atomic E-state index is -1.08. The highest BCUT2D eigenvalue weighted by molar-refractivity contribution is 5.70. The van der Waals surface area contributed by atoms with Crippen LogP contribution in [-0.4, -0.2) is 16.3 Å². The molecule has 92 valence electrons. The normalized spacial score (nSPS) is 10.0. The summed E-state index contributed by atoms with van der Waals surface area (Å²) < 4.78 is 0. The van der Waals surface area contributed by atoms with Gasteiger partial charge in [-0.3, -0.25) is 0 Å². The lowest BCUT2D eigenvalue weighted by molar-refractivity contribution is 0.194. The number of amides is 1. The molecule has 0 heterocycles. The second kappa shape index (κ2) is 5.23. The summed E-state index contributed by atoms with van der Waals surface area (Å²) >= 11 is 0. The fourth-order valence-electron chi connectivity index (χ4n) is 1.73. The number of aromatic hydroxyl groups is 1. The van der Waals surface area contributed by atoms with Crippen molar-refractivity contribution >= 4 is 6.09 Å². The molecule has 0 fully saturated rings. The predicted molar refractivity (Wildman–Crippen MR) is 68.4 cm³/mol. The average molecular weight is 243 g/mol. The number of nitrogens with one attached hydrogen (secondary N) is 1. The molecule has 18 heavy (non-hydrogen) atoms. The molecule has 0 unspecified atom stereocenters. The molecule has 4 heteroatoms. The van der Waals surface area contributed by atoms with Crippen LogP contribution in [0.4, 0.5) is 4.79 Å². The fraction of sp³-hybridized carbons (Fsp3) is 0.0714. The van der Waals surface area contributed by atoms with E-state index in [0.29, 0.717) is 0 Å². The largest absolute Gasteiger partial charge is 0.507 e. The molecule has 0 aliphatic heterocycles. The maximum absolute atomic E-state index is 10.4. The maximum atomic E-state index is 10.4. The van der Waals surface area contributed by atoms with Crippen LogP contribution >= 0.6 is 0 Å². The van der Waals surface area contributed by atoms with Crippen molar-refractivity contribution in [2.45, 2.75) is 6.54 Å². The first-order chi connectivity index (χ1) is 8.66. The minimum absolute atomic E-state index is 0.144. The first-order valence-electron chi connectivity index (χ1n) is 5.51. The van der Waals surface area contributed by atoms with E-state index in [1.165, 1.54) is 0 Å². The van der Waals surface area contributed by atoms with Crippen LogP contribution in [0.15, 0.2) is 48.5 Å². The highest BCUT2D eigenvalue weighted by Gasteiger charge is 2.05. The number of rotatable bonds is 3. The van der Waals surface area contributed by atoms with Crippen molar-refractivity contribution in [1.29, 1.82) is 0 Å². The number of phenols is 1. The topological polar surface area (TPSA) is 69.6 Å². The molecule has 0 aliphatic carbocycles. The molecule has 0 bridgehead atoms. The molecule has 1 amide bonds. The van der Waals surface area contributed by atoms with Crippen LogP contribution in [0.3, 0.4) is 0 Å². The molecule has 0 aromatic heterocycles. The van der Waals surface area contributed by atoms with Crippen LogP contribution in [0.5, 0.6) is 5.75 Å². The highest BCUT2D eigenvalue weighted by atomic mass is 16.4. The SMILES string of the molecule is O=C(O)NCc1ccc(-c2ccccc2)c(O)c1. The highest BCUT2D eigenvalue weighted by Crippen LogP contribution is 2.29. The second-order valence-electron chi connectivity index (χ2n) is 3.88. The summed E-state index contributed by atoms with van der Waals surface area (Å²) in [7, 11) is 0. The number of carboxylic acid groups (broad SMARTS) is 1. The number of benzene rings is 2. The smallest absolute Gasteiger partial charge is 0.404 e. The van der Waals surface area contributed by atoms with Crippen molar-refractivity contribution in [3.8, 4) is 16.9 Å². The van der Waals surface area contributed by atoms with Gasteiger partial charge in [0.25, 0.3) is 0 Å². The van der Waals surface area contributed by atoms with E-state index in [4.69, 9.17) is 5.11 Å². The molecule has 2 rings (SSSR count). The summed E-state index contributed by atoms with van der Waals surface area (Å²) in [5, 5.41) is 20.7. The molecular weight excluding hydrogens is 230 g/mol. The zero-order valence-corrected chi connectivity index (χ0v) is 9.63. The maximum Gasteiger partial charge on any atom is 0.404 e. The summed E-state index contributed by atoms with van der Waals surface area (Å²) in [6, 6.07) is 14.7. The van der Waals surface area contributed by atoms with Gasteiger partial charge in [-0.1, -0.05) is 42.5 Å². The summed E-state index contributed by atoms with van der Waals surface area (Å²) in [5.74, 6) is 0.144. The summed E-state index contributed by atoms with van der Waals surface area (Å²) in [6.07, 6.45) is -1.08. The Bertz CT molecular complexity index is 552. The van der Waals surface area contributed by atoms with Gasteiger partial charge in [0.05, 0.1) is 0 Å². The number of hydrogen-bond donors (Lipinski definition) is 3. The van der Waals surface area contributed by atoms with Gasteiger partial charge in [-0.25, -0.2) is 4.79 Å². The van der Waals surface area contributed by atoms with E-state index in [0.717, 1.165) is 16.7 Å². The molecular formula is C14H13NO3. The van der Waals surface area contributed by atoms with Gasteiger partial charge in [0.2, 0.25) is 0 Å². The quantitative estimate of drug-likeness (QED) is 0.776. The van der Waals surface area contributed by atoms with Crippen molar-refractivity contribution in [3.63, 3.8) is 0 Å². The third-order valence-corrected chi connectivity index (χ3v) is 2.59. The molecule has 0 atom stereocenters. The Morgan fingerprint density at radius 1 is 1.11 bits per heavy atom. The van der Waals surface area contributed by atoms with Crippen molar-refractivity contribution in [1.82, 2.24) is 5.32 Å². The Labute approximate surface area is 105 Å². The zero-order valence-electron chi connectivity index (χ0n) is 9.63. The fourth-order valence-corrected chi connectivity index (χ4v) is 1.73. The molecule has 0 spiro atoms. The van der Waals surface area contributed by atoms with Gasteiger partial charge < -0.3 is 15.5 Å². The van der Waals surface area contributed by atoms with Crippen molar-refractivity contribution in [3.05, 3.63) is 54.1 Å². The lowest BCUT2D eigenvalue weighted by atomic mass is 10.0. The van der Waals surface area contributed by atoms with Gasteiger partial charge in [-0.2, -0.15) is 0 Å². The van der Waals surface area contributed by atoms with E-state index < -0.39 is 6.09 Å². The van der Waals surface area contributed by atoms with Gasteiger partial charge in [0.15, 0.2) is 0 Å². The van der Waals surface area contributed by atoms with E-state index in [-0.39, 0.29) is 12.3 Å². The number of hydrogen-bond acceptors (Lipinski definition) is 2. The Balaban J connectivity index is 2.23. The molecule has 0 aliphatic rings. The standard InChI is InChI=1S/C14H13NO3/c16-13-8-10(9-15-14(17)18)6-7-12(13)11-4-2-1-3-5-11/h1-8,15-16H,9H2,(H,17,18). The lowest BCUT2D eigenvalue weighted by Crippen LogP contribution is -2.19. The lowest BCUT2D eigenvalue weighted by Gasteiger charge is -2.07. The van der Waals surface area contributed by atoms with Crippen molar-refractivity contribution in [2.75, 3.05) is 0 Å². The van der Waals surface area contributed by atoms with Gasteiger partial charge >= 0.3 is 6.09 Å². The first kappa shape index (κ1) is 12.0. The number of carbonyl (C=O) groups is 1. The van der Waals surface area contributed by atoms with E-state index in [2.05, 4.69) is 5.32 Å².